The summed E-state index contributed by atoms with van der Waals surface area (Å²) in [6, 6.07) is 3.96. The van der Waals surface area contributed by atoms with Crippen molar-refractivity contribution in [1.82, 2.24) is 14.5 Å². The molecule has 0 bridgehead atoms. The zero-order valence-corrected chi connectivity index (χ0v) is 19.3. The minimum atomic E-state index is -1.79. The number of nitrogens with zero attached hydrogens (tertiary/aromatic N) is 3. The number of ether oxygens (including phenoxy) is 1. The van der Waals surface area contributed by atoms with Crippen molar-refractivity contribution in [2.45, 2.75) is 55.7 Å². The zero-order valence-electron chi connectivity index (χ0n) is 18.5. The molecule has 3 aliphatic rings. The van der Waals surface area contributed by atoms with Crippen molar-refractivity contribution >= 4 is 35.4 Å². The molecule has 0 aliphatic carbocycles. The normalized spacial score (nSPS) is 23.3. The lowest BCUT2D eigenvalue weighted by atomic mass is 9.45. The first kappa shape index (κ1) is 23.5. The van der Waals surface area contributed by atoms with Gasteiger partial charge in [-0.1, -0.05) is 0 Å². The van der Waals surface area contributed by atoms with Crippen LogP contribution < -0.4 is 10.1 Å². The standard InChI is InChI=1S/C22H27BN4O5S/c24-15-23-8-11-26(12-9-23)10-2-1-3-13-32-16-4-6-19-17(14-16)22(30)27(33(19)31)18-5-7-20(28)25-21(18)29/h4,6,14,18H,1-3,5,7-13H2,(H,25,28,29). The molecule has 3 heterocycles. The summed E-state index contributed by atoms with van der Waals surface area (Å²) >= 11 is 0. The number of fused-ring (bicyclic) bond motifs is 1. The third kappa shape index (κ3) is 5.28. The molecule has 2 unspecified atom stereocenters. The minimum absolute atomic E-state index is 0.111. The monoisotopic (exact) mass is 470 g/mol. The highest BCUT2D eigenvalue weighted by atomic mass is 32.2. The summed E-state index contributed by atoms with van der Waals surface area (Å²) in [5.41, 5.74) is 0.274. The maximum atomic E-state index is 12.9. The first-order chi connectivity index (χ1) is 16.0. The number of carbonyl (C=O) groups is 3. The number of piperidine rings is 1. The molecule has 33 heavy (non-hydrogen) atoms. The molecule has 3 amide bonds. The third-order valence-corrected chi connectivity index (χ3v) is 7.91. The lowest BCUT2D eigenvalue weighted by Gasteiger charge is -2.27. The van der Waals surface area contributed by atoms with Gasteiger partial charge in [-0.2, -0.15) is 0 Å². The summed E-state index contributed by atoms with van der Waals surface area (Å²) in [6.45, 7) is 3.75. The molecule has 9 nitrogen and oxygen atoms in total. The molecule has 3 aliphatic heterocycles. The predicted octanol–water partition coefficient (Wildman–Crippen LogP) is 1.39. The van der Waals surface area contributed by atoms with Crippen LogP contribution in [0.2, 0.25) is 12.6 Å². The van der Waals surface area contributed by atoms with Gasteiger partial charge in [-0.25, -0.2) is 13.8 Å². The van der Waals surface area contributed by atoms with Crippen LogP contribution >= 0.6 is 0 Å². The van der Waals surface area contributed by atoms with Crippen LogP contribution in [0.3, 0.4) is 0 Å². The second kappa shape index (κ2) is 10.5. The van der Waals surface area contributed by atoms with Crippen molar-refractivity contribution in [3.05, 3.63) is 23.8 Å². The Morgan fingerprint density at radius 1 is 1.18 bits per heavy atom. The number of nitriles is 1. The summed E-state index contributed by atoms with van der Waals surface area (Å²) in [6.07, 6.45) is 5.17. The number of rotatable bonds is 8. The Bertz CT molecular complexity index is 1000. The minimum Gasteiger partial charge on any atom is -0.494 e. The number of hydrogen-bond donors (Lipinski definition) is 1. The molecule has 2 fully saturated rings. The molecule has 1 N–H and O–H groups in total. The SMILES string of the molecule is N#CB1CCN(CCCCCOc2ccc3c(c2)C(=O)N(C2CCC(=O)NC2=O)S3=O)CC1. The van der Waals surface area contributed by atoms with Crippen LogP contribution in [0.25, 0.3) is 0 Å². The summed E-state index contributed by atoms with van der Waals surface area (Å²) in [5.74, 6) is 1.43. The van der Waals surface area contributed by atoms with Gasteiger partial charge < -0.3 is 9.64 Å². The summed E-state index contributed by atoms with van der Waals surface area (Å²) in [5, 5.41) is 11.2. The van der Waals surface area contributed by atoms with E-state index in [9.17, 15) is 18.6 Å². The van der Waals surface area contributed by atoms with Gasteiger partial charge in [0.25, 0.3) is 18.5 Å². The Morgan fingerprint density at radius 2 is 1.97 bits per heavy atom. The van der Waals surface area contributed by atoms with E-state index in [1.807, 2.05) is 0 Å². The molecular formula is C22H27BN4O5S. The third-order valence-electron chi connectivity index (χ3n) is 6.40. The molecule has 1 aromatic rings. The summed E-state index contributed by atoms with van der Waals surface area (Å²) in [7, 11) is -1.79. The second-order valence-electron chi connectivity index (χ2n) is 8.66. The molecular weight excluding hydrogens is 443 g/mol. The maximum Gasteiger partial charge on any atom is 0.270 e. The highest BCUT2D eigenvalue weighted by Gasteiger charge is 2.44. The van der Waals surface area contributed by atoms with Crippen LogP contribution in [0.15, 0.2) is 23.1 Å². The first-order valence-electron chi connectivity index (χ1n) is 11.5. The van der Waals surface area contributed by atoms with Gasteiger partial charge in [-0.3, -0.25) is 19.7 Å². The van der Waals surface area contributed by atoms with E-state index >= 15 is 0 Å². The van der Waals surface area contributed by atoms with Gasteiger partial charge >= 0.3 is 0 Å². The van der Waals surface area contributed by atoms with E-state index in [-0.39, 0.29) is 31.0 Å². The van der Waals surface area contributed by atoms with Gasteiger partial charge in [-0.05, 0) is 76.2 Å². The number of amides is 3. The average Bonchev–Trinajstić information content (AvgIpc) is 3.06. The lowest BCUT2D eigenvalue weighted by molar-refractivity contribution is -0.135. The molecule has 174 valence electrons. The van der Waals surface area contributed by atoms with Gasteiger partial charge in [-0.15, -0.1) is 0 Å². The summed E-state index contributed by atoms with van der Waals surface area (Å²) < 4.78 is 19.7. The number of hydrogen-bond acceptors (Lipinski definition) is 7. The van der Waals surface area contributed by atoms with Crippen LogP contribution in [-0.2, 0) is 20.6 Å². The van der Waals surface area contributed by atoms with Crippen LogP contribution in [0, 0.1) is 11.2 Å². The Labute approximate surface area is 196 Å². The summed E-state index contributed by atoms with van der Waals surface area (Å²) in [4.78, 5) is 39.2. The highest BCUT2D eigenvalue weighted by molar-refractivity contribution is 7.84. The largest absolute Gasteiger partial charge is 0.494 e. The lowest BCUT2D eigenvalue weighted by Crippen LogP contribution is -2.53. The van der Waals surface area contributed by atoms with Crippen molar-refractivity contribution in [2.24, 2.45) is 0 Å². The van der Waals surface area contributed by atoms with E-state index in [0.29, 0.717) is 17.3 Å². The quantitative estimate of drug-likeness (QED) is 0.346. The maximum absolute atomic E-state index is 12.9. The molecule has 0 radical (unpaired) electrons. The van der Waals surface area contributed by atoms with Gasteiger partial charge in [0.1, 0.15) is 11.8 Å². The van der Waals surface area contributed by atoms with Gasteiger partial charge in [0.05, 0.1) is 17.1 Å². The van der Waals surface area contributed by atoms with Crippen LogP contribution in [0.1, 0.15) is 42.5 Å². The fraction of sp³-hybridized carbons (Fsp3) is 0.545. The van der Waals surface area contributed by atoms with Crippen molar-refractivity contribution in [3.63, 3.8) is 0 Å². The van der Waals surface area contributed by atoms with Gasteiger partial charge in [0.15, 0.2) is 11.0 Å². The van der Waals surface area contributed by atoms with E-state index in [2.05, 4.69) is 16.2 Å². The van der Waals surface area contributed by atoms with E-state index in [1.54, 1.807) is 18.2 Å². The fourth-order valence-corrected chi connectivity index (χ4v) is 5.88. The molecule has 2 atom stereocenters. The molecule has 4 rings (SSSR count). The number of unbranched alkanes of at least 4 members (excludes halogenated alkanes) is 2. The first-order valence-corrected chi connectivity index (χ1v) is 12.6. The smallest absolute Gasteiger partial charge is 0.270 e. The van der Waals surface area contributed by atoms with Gasteiger partial charge in [0.2, 0.25) is 5.91 Å². The zero-order chi connectivity index (χ0) is 23.4. The Balaban J connectivity index is 1.23. The molecule has 0 spiro atoms. The topological polar surface area (TPSA) is 120 Å². The molecule has 2 saturated heterocycles. The predicted molar refractivity (Wildman–Crippen MR) is 122 cm³/mol. The molecule has 0 saturated carbocycles. The number of imide groups is 1. The van der Waals surface area contributed by atoms with Crippen LogP contribution in [-0.4, -0.2) is 70.1 Å². The van der Waals surface area contributed by atoms with E-state index in [4.69, 9.17) is 10.00 Å². The Morgan fingerprint density at radius 3 is 2.70 bits per heavy atom. The fourth-order valence-electron chi connectivity index (χ4n) is 4.47. The average molecular weight is 470 g/mol. The highest BCUT2D eigenvalue weighted by Crippen LogP contribution is 2.33. The van der Waals surface area contributed by atoms with Crippen molar-refractivity contribution in [3.8, 4) is 11.7 Å². The van der Waals surface area contributed by atoms with Crippen molar-refractivity contribution in [1.29, 1.82) is 5.26 Å². The molecule has 11 heteroatoms. The van der Waals surface area contributed by atoms with Crippen molar-refractivity contribution in [2.75, 3.05) is 26.2 Å². The van der Waals surface area contributed by atoms with E-state index in [0.717, 1.165) is 55.8 Å². The van der Waals surface area contributed by atoms with E-state index in [1.165, 1.54) is 0 Å². The second-order valence-corrected chi connectivity index (χ2v) is 9.99. The molecule has 0 aromatic heterocycles. The number of benzene rings is 1. The Kier molecular flexibility index (Phi) is 7.45. The van der Waals surface area contributed by atoms with Crippen LogP contribution in [0.4, 0.5) is 0 Å². The Hall–Kier alpha value is -2.71. The van der Waals surface area contributed by atoms with Crippen LogP contribution in [0.5, 0.6) is 5.75 Å². The van der Waals surface area contributed by atoms with E-state index < -0.39 is 28.8 Å². The van der Waals surface area contributed by atoms with Crippen molar-refractivity contribution < 1.29 is 23.3 Å². The number of nitrogens with one attached hydrogen (secondary N) is 1. The van der Waals surface area contributed by atoms with Gasteiger partial charge in [0, 0.05) is 12.4 Å². The molecule has 1 aromatic carbocycles. The number of carbonyl (C=O) groups excluding carboxylic acids is 3.